The minimum atomic E-state index is -2.40. The first-order valence-corrected chi connectivity index (χ1v) is 3.25. The van der Waals surface area contributed by atoms with Crippen LogP contribution in [0, 0.1) is 0 Å². The van der Waals surface area contributed by atoms with E-state index in [-0.39, 0.29) is 6.61 Å². The fraction of sp³-hybridized carbons (Fsp3) is 0.833. The molecule has 0 bridgehead atoms. The molecule has 3 nitrogen and oxygen atoms in total. The average molecular weight is 166 g/mol. The van der Waals surface area contributed by atoms with E-state index in [1.165, 1.54) is 0 Å². The maximum atomic E-state index is 11.4. The molecule has 11 heavy (non-hydrogen) atoms. The summed E-state index contributed by atoms with van der Waals surface area (Å²) in [5.74, 6) is 0.436. The third-order valence-corrected chi connectivity index (χ3v) is 0.841. The van der Waals surface area contributed by atoms with Crippen molar-refractivity contribution in [2.45, 2.75) is 13.3 Å². The number of rotatable bonds is 5. The van der Waals surface area contributed by atoms with Gasteiger partial charge in [0.2, 0.25) is 0 Å². The van der Waals surface area contributed by atoms with Gasteiger partial charge < -0.3 is 10.5 Å². The van der Waals surface area contributed by atoms with Crippen LogP contribution in [0.4, 0.5) is 8.78 Å². The summed E-state index contributed by atoms with van der Waals surface area (Å²) in [5, 5.41) is 0. The van der Waals surface area contributed by atoms with Crippen LogP contribution in [-0.4, -0.2) is 32.0 Å². The van der Waals surface area contributed by atoms with E-state index in [0.29, 0.717) is 12.4 Å². The van der Waals surface area contributed by atoms with Gasteiger partial charge in [-0.25, -0.2) is 8.78 Å². The van der Waals surface area contributed by atoms with Crippen molar-refractivity contribution >= 4 is 5.84 Å². The predicted octanol–water partition coefficient (Wildman–Crippen LogP) is 0.645. The summed E-state index contributed by atoms with van der Waals surface area (Å²) in [7, 11) is 0. The zero-order valence-corrected chi connectivity index (χ0v) is 6.39. The molecule has 0 heterocycles. The quantitative estimate of drug-likeness (QED) is 0.370. The minimum absolute atomic E-state index is 0.193. The Hall–Kier alpha value is -0.710. The van der Waals surface area contributed by atoms with E-state index < -0.39 is 13.0 Å². The lowest BCUT2D eigenvalue weighted by Crippen LogP contribution is -2.10. The van der Waals surface area contributed by atoms with E-state index in [2.05, 4.69) is 9.73 Å². The molecule has 66 valence electrons. The Labute approximate surface area is 64.2 Å². The minimum Gasteiger partial charge on any atom is -0.388 e. The first-order valence-electron chi connectivity index (χ1n) is 3.25. The van der Waals surface area contributed by atoms with Gasteiger partial charge in [0, 0.05) is 0 Å². The number of ether oxygens (including phenoxy) is 1. The molecule has 0 unspecified atom stereocenters. The third-order valence-electron chi connectivity index (χ3n) is 0.841. The average Bonchev–Trinajstić information content (AvgIpc) is 1.85. The van der Waals surface area contributed by atoms with Crippen LogP contribution >= 0.6 is 0 Å². The Kier molecular flexibility index (Phi) is 5.64. The molecule has 0 rings (SSSR count). The molecular weight excluding hydrogens is 154 g/mol. The standard InChI is InChI=1S/C6H12F2N2O/c1-5(9)10-2-3-11-4-6(7)8/h6H,2-4H2,1H3,(H2,9,10). The van der Waals surface area contributed by atoms with Crippen molar-refractivity contribution < 1.29 is 13.5 Å². The number of nitrogens with two attached hydrogens (primary N) is 1. The van der Waals surface area contributed by atoms with Crippen molar-refractivity contribution in [3.8, 4) is 0 Å². The summed E-state index contributed by atoms with van der Waals surface area (Å²) in [6.45, 7) is 1.64. The summed E-state index contributed by atoms with van der Waals surface area (Å²) in [6, 6.07) is 0. The number of hydrogen-bond donors (Lipinski definition) is 1. The molecule has 0 aliphatic heterocycles. The summed E-state index contributed by atoms with van der Waals surface area (Å²) in [5.41, 5.74) is 5.18. The van der Waals surface area contributed by atoms with Crippen molar-refractivity contribution in [1.29, 1.82) is 0 Å². The summed E-state index contributed by atoms with van der Waals surface area (Å²) < 4.78 is 27.4. The predicted molar refractivity (Wildman–Crippen MR) is 39.0 cm³/mol. The second-order valence-corrected chi connectivity index (χ2v) is 1.99. The number of hydrogen-bond acceptors (Lipinski definition) is 2. The highest BCUT2D eigenvalue weighted by molar-refractivity contribution is 5.77. The van der Waals surface area contributed by atoms with Gasteiger partial charge in [-0.2, -0.15) is 0 Å². The molecule has 0 aliphatic carbocycles. The van der Waals surface area contributed by atoms with Gasteiger partial charge in [-0.1, -0.05) is 0 Å². The summed E-state index contributed by atoms with van der Waals surface area (Å²) in [4.78, 5) is 3.75. The molecule has 0 spiro atoms. The molecule has 0 saturated heterocycles. The maximum absolute atomic E-state index is 11.4. The highest BCUT2D eigenvalue weighted by atomic mass is 19.3. The van der Waals surface area contributed by atoms with Crippen LogP contribution in [0.5, 0.6) is 0 Å². The number of nitrogens with zero attached hydrogens (tertiary/aromatic N) is 1. The van der Waals surface area contributed by atoms with Gasteiger partial charge in [-0.05, 0) is 6.92 Å². The molecule has 0 aromatic rings. The Morgan fingerprint density at radius 2 is 2.27 bits per heavy atom. The van der Waals surface area contributed by atoms with E-state index in [1.54, 1.807) is 6.92 Å². The fourth-order valence-corrected chi connectivity index (χ4v) is 0.459. The van der Waals surface area contributed by atoms with Crippen LogP contribution in [0.15, 0.2) is 4.99 Å². The molecule has 2 N–H and O–H groups in total. The van der Waals surface area contributed by atoms with Crippen molar-refractivity contribution in [3.05, 3.63) is 0 Å². The lowest BCUT2D eigenvalue weighted by molar-refractivity contribution is 0.0207. The van der Waals surface area contributed by atoms with E-state index in [1.807, 2.05) is 0 Å². The maximum Gasteiger partial charge on any atom is 0.261 e. The zero-order chi connectivity index (χ0) is 8.69. The molecule has 0 amide bonds. The Balaban J connectivity index is 3.09. The molecule has 0 aromatic heterocycles. The van der Waals surface area contributed by atoms with Gasteiger partial charge in [-0.15, -0.1) is 0 Å². The number of halogens is 2. The lowest BCUT2D eigenvalue weighted by Gasteiger charge is -1.99. The van der Waals surface area contributed by atoms with Gasteiger partial charge >= 0.3 is 0 Å². The Bertz CT molecular complexity index is 124. The topological polar surface area (TPSA) is 47.6 Å². The summed E-state index contributed by atoms with van der Waals surface area (Å²) >= 11 is 0. The molecule has 5 heteroatoms. The second-order valence-electron chi connectivity index (χ2n) is 1.99. The number of alkyl halides is 2. The van der Waals surface area contributed by atoms with Gasteiger partial charge in [0.1, 0.15) is 6.61 Å². The fourth-order valence-electron chi connectivity index (χ4n) is 0.459. The SMILES string of the molecule is CC(N)=NCCOCC(F)F. The van der Waals surface area contributed by atoms with E-state index in [9.17, 15) is 8.78 Å². The summed E-state index contributed by atoms with van der Waals surface area (Å²) in [6.07, 6.45) is -2.40. The Morgan fingerprint density at radius 1 is 1.64 bits per heavy atom. The van der Waals surface area contributed by atoms with Gasteiger partial charge in [0.05, 0.1) is 19.0 Å². The van der Waals surface area contributed by atoms with Gasteiger partial charge in [0.15, 0.2) is 0 Å². The third kappa shape index (κ3) is 9.29. The van der Waals surface area contributed by atoms with Crippen LogP contribution < -0.4 is 5.73 Å². The molecular formula is C6H12F2N2O. The smallest absolute Gasteiger partial charge is 0.261 e. The Morgan fingerprint density at radius 3 is 2.73 bits per heavy atom. The van der Waals surface area contributed by atoms with Gasteiger partial charge in [0.25, 0.3) is 6.43 Å². The zero-order valence-electron chi connectivity index (χ0n) is 6.39. The normalized spacial score (nSPS) is 12.5. The van der Waals surface area contributed by atoms with Crippen LogP contribution in [0.1, 0.15) is 6.92 Å². The number of amidine groups is 1. The molecule has 0 saturated carbocycles. The van der Waals surface area contributed by atoms with Crippen LogP contribution in [0.3, 0.4) is 0 Å². The van der Waals surface area contributed by atoms with Crippen molar-refractivity contribution in [2.75, 3.05) is 19.8 Å². The first kappa shape index (κ1) is 10.3. The highest BCUT2D eigenvalue weighted by Gasteiger charge is 1.99. The monoisotopic (exact) mass is 166 g/mol. The molecule has 0 aromatic carbocycles. The largest absolute Gasteiger partial charge is 0.388 e. The molecule has 0 atom stereocenters. The van der Waals surface area contributed by atoms with Crippen molar-refractivity contribution in [1.82, 2.24) is 0 Å². The van der Waals surface area contributed by atoms with E-state index in [4.69, 9.17) is 5.73 Å². The second kappa shape index (κ2) is 6.03. The van der Waals surface area contributed by atoms with E-state index >= 15 is 0 Å². The van der Waals surface area contributed by atoms with Crippen LogP contribution in [-0.2, 0) is 4.74 Å². The van der Waals surface area contributed by atoms with Crippen LogP contribution in [0.2, 0.25) is 0 Å². The molecule has 0 fully saturated rings. The lowest BCUT2D eigenvalue weighted by atomic mass is 10.6. The molecule has 0 radical (unpaired) electrons. The number of aliphatic imine (C=N–C) groups is 1. The van der Waals surface area contributed by atoms with Crippen molar-refractivity contribution in [2.24, 2.45) is 10.7 Å². The highest BCUT2D eigenvalue weighted by Crippen LogP contribution is 1.91. The van der Waals surface area contributed by atoms with Crippen LogP contribution in [0.25, 0.3) is 0 Å². The molecule has 0 aliphatic rings. The van der Waals surface area contributed by atoms with E-state index in [0.717, 1.165) is 0 Å². The van der Waals surface area contributed by atoms with Crippen molar-refractivity contribution in [3.63, 3.8) is 0 Å². The first-order chi connectivity index (χ1) is 5.13. The van der Waals surface area contributed by atoms with Gasteiger partial charge in [-0.3, -0.25) is 4.99 Å².